The van der Waals surface area contributed by atoms with Gasteiger partial charge in [-0.05, 0) is 6.92 Å². The van der Waals surface area contributed by atoms with Crippen LogP contribution in [0.3, 0.4) is 0 Å². The smallest absolute Gasteiger partial charge is 0.254 e. The number of nitrogens with two attached hydrogens (primary N) is 1. The molecule has 5 heteroatoms. The SMILES string of the molecule is CC(=O)NNC(=O)[C@H](C)N. The quantitative estimate of drug-likeness (QED) is 0.393. The van der Waals surface area contributed by atoms with Crippen molar-refractivity contribution >= 4 is 11.8 Å². The summed E-state index contributed by atoms with van der Waals surface area (Å²) in [6.07, 6.45) is 0. The van der Waals surface area contributed by atoms with E-state index in [1.54, 1.807) is 0 Å². The Bertz CT molecular complexity index is 144. The van der Waals surface area contributed by atoms with Crippen LogP contribution < -0.4 is 16.6 Å². The van der Waals surface area contributed by atoms with Gasteiger partial charge in [-0.1, -0.05) is 0 Å². The molecule has 4 N–H and O–H groups in total. The molecule has 0 fully saturated rings. The van der Waals surface area contributed by atoms with Gasteiger partial charge in [-0.2, -0.15) is 0 Å². The minimum absolute atomic E-state index is 0.325. The van der Waals surface area contributed by atoms with Crippen molar-refractivity contribution in [2.75, 3.05) is 0 Å². The summed E-state index contributed by atoms with van der Waals surface area (Å²) in [7, 11) is 0. The molecule has 58 valence electrons. The highest BCUT2D eigenvalue weighted by Gasteiger charge is 2.05. The molecule has 0 saturated heterocycles. The van der Waals surface area contributed by atoms with Crippen molar-refractivity contribution < 1.29 is 9.59 Å². The minimum Gasteiger partial charge on any atom is -0.320 e. The van der Waals surface area contributed by atoms with Gasteiger partial charge >= 0.3 is 0 Å². The highest BCUT2D eigenvalue weighted by Crippen LogP contribution is 1.70. The zero-order chi connectivity index (χ0) is 8.15. The fourth-order valence-corrected chi connectivity index (χ4v) is 0.263. The van der Waals surface area contributed by atoms with Crippen LogP contribution in [-0.2, 0) is 9.59 Å². The first kappa shape index (κ1) is 8.90. The summed E-state index contributed by atoms with van der Waals surface area (Å²) in [6.45, 7) is 2.82. The van der Waals surface area contributed by atoms with Crippen molar-refractivity contribution in [2.24, 2.45) is 5.73 Å². The molecule has 0 aliphatic heterocycles. The molecular formula is C5H11N3O2. The fraction of sp³-hybridized carbons (Fsp3) is 0.600. The largest absolute Gasteiger partial charge is 0.320 e. The van der Waals surface area contributed by atoms with Gasteiger partial charge in [-0.25, -0.2) is 0 Å². The molecule has 5 nitrogen and oxygen atoms in total. The Balaban J connectivity index is 3.50. The third-order valence-corrected chi connectivity index (χ3v) is 0.775. The Morgan fingerprint density at radius 2 is 1.90 bits per heavy atom. The highest BCUT2D eigenvalue weighted by molar-refractivity contribution is 5.83. The summed E-state index contributed by atoms with van der Waals surface area (Å²) >= 11 is 0. The number of nitrogens with one attached hydrogen (secondary N) is 2. The van der Waals surface area contributed by atoms with Crippen LogP contribution in [0.15, 0.2) is 0 Å². The molecule has 0 unspecified atom stereocenters. The molecule has 0 aromatic carbocycles. The van der Waals surface area contributed by atoms with Crippen LogP contribution >= 0.6 is 0 Å². The van der Waals surface area contributed by atoms with Gasteiger partial charge in [-0.3, -0.25) is 20.4 Å². The van der Waals surface area contributed by atoms with Gasteiger partial charge in [-0.15, -0.1) is 0 Å². The van der Waals surface area contributed by atoms with Crippen LogP contribution in [0.5, 0.6) is 0 Å². The average Bonchev–Trinajstić information content (AvgIpc) is 1.82. The van der Waals surface area contributed by atoms with Crippen LogP contribution in [0.25, 0.3) is 0 Å². The highest BCUT2D eigenvalue weighted by atomic mass is 16.2. The molecule has 0 aromatic heterocycles. The van der Waals surface area contributed by atoms with E-state index in [1.165, 1.54) is 13.8 Å². The lowest BCUT2D eigenvalue weighted by Crippen LogP contribution is -2.47. The van der Waals surface area contributed by atoms with E-state index in [-0.39, 0.29) is 5.91 Å². The average molecular weight is 145 g/mol. The van der Waals surface area contributed by atoms with Crippen molar-refractivity contribution in [1.82, 2.24) is 10.9 Å². The Hall–Kier alpha value is -1.10. The number of rotatable bonds is 1. The maximum absolute atomic E-state index is 10.6. The molecule has 0 saturated carbocycles. The van der Waals surface area contributed by atoms with E-state index < -0.39 is 11.9 Å². The lowest BCUT2D eigenvalue weighted by atomic mass is 10.3. The normalized spacial score (nSPS) is 11.9. The Morgan fingerprint density at radius 1 is 1.40 bits per heavy atom. The number of hydrazine groups is 1. The maximum atomic E-state index is 10.6. The lowest BCUT2D eigenvalue weighted by molar-refractivity contribution is -0.128. The predicted molar refractivity (Wildman–Crippen MR) is 35.6 cm³/mol. The molecule has 2 amide bonds. The van der Waals surface area contributed by atoms with E-state index >= 15 is 0 Å². The van der Waals surface area contributed by atoms with Crippen LogP contribution in [0.4, 0.5) is 0 Å². The third-order valence-electron chi connectivity index (χ3n) is 0.775. The van der Waals surface area contributed by atoms with Gasteiger partial charge in [0.05, 0.1) is 6.04 Å². The first-order valence-corrected chi connectivity index (χ1v) is 2.86. The molecule has 0 rings (SSSR count). The van der Waals surface area contributed by atoms with Gasteiger partial charge in [0.2, 0.25) is 5.91 Å². The molecule has 0 aromatic rings. The standard InChI is InChI=1S/C5H11N3O2/c1-3(6)5(10)8-7-4(2)9/h3H,6H2,1-2H3,(H,7,9)(H,8,10)/t3-/m0/s1. The van der Waals surface area contributed by atoms with Gasteiger partial charge in [0.1, 0.15) is 0 Å². The van der Waals surface area contributed by atoms with Crippen LogP contribution in [0.1, 0.15) is 13.8 Å². The predicted octanol–water partition coefficient (Wildman–Crippen LogP) is -1.50. The summed E-state index contributed by atoms with van der Waals surface area (Å²) < 4.78 is 0. The summed E-state index contributed by atoms with van der Waals surface area (Å²) in [4.78, 5) is 20.8. The van der Waals surface area contributed by atoms with Crippen molar-refractivity contribution in [1.29, 1.82) is 0 Å². The van der Waals surface area contributed by atoms with E-state index in [1.807, 2.05) is 0 Å². The van der Waals surface area contributed by atoms with E-state index in [0.717, 1.165) is 0 Å². The lowest BCUT2D eigenvalue weighted by Gasteiger charge is -2.06. The minimum atomic E-state index is -0.605. The summed E-state index contributed by atoms with van der Waals surface area (Å²) in [5.41, 5.74) is 9.39. The van der Waals surface area contributed by atoms with E-state index in [9.17, 15) is 9.59 Å². The summed E-state index contributed by atoms with van der Waals surface area (Å²) in [5, 5.41) is 0. The number of hydrogen-bond acceptors (Lipinski definition) is 3. The Labute approximate surface area is 58.9 Å². The zero-order valence-corrected chi connectivity index (χ0v) is 5.97. The van der Waals surface area contributed by atoms with Crippen molar-refractivity contribution in [3.63, 3.8) is 0 Å². The maximum Gasteiger partial charge on any atom is 0.254 e. The molecule has 0 bridgehead atoms. The van der Waals surface area contributed by atoms with Crippen molar-refractivity contribution in [3.8, 4) is 0 Å². The molecule has 0 aliphatic carbocycles. The van der Waals surface area contributed by atoms with Crippen molar-refractivity contribution in [3.05, 3.63) is 0 Å². The fourth-order valence-electron chi connectivity index (χ4n) is 0.263. The van der Waals surface area contributed by atoms with E-state index in [2.05, 4.69) is 10.9 Å². The molecule has 10 heavy (non-hydrogen) atoms. The first-order chi connectivity index (χ1) is 4.54. The number of carbonyl (C=O) groups excluding carboxylic acids is 2. The summed E-state index contributed by atoms with van der Waals surface area (Å²) in [5.74, 6) is -0.732. The monoisotopic (exact) mass is 145 g/mol. The van der Waals surface area contributed by atoms with E-state index in [0.29, 0.717) is 0 Å². The van der Waals surface area contributed by atoms with Gasteiger partial charge in [0, 0.05) is 6.92 Å². The summed E-state index contributed by atoms with van der Waals surface area (Å²) in [6, 6.07) is -0.605. The van der Waals surface area contributed by atoms with Gasteiger partial charge in [0.25, 0.3) is 5.91 Å². The Morgan fingerprint density at radius 3 is 2.20 bits per heavy atom. The number of amides is 2. The topological polar surface area (TPSA) is 84.2 Å². The third kappa shape index (κ3) is 3.85. The second-order valence-electron chi connectivity index (χ2n) is 1.96. The van der Waals surface area contributed by atoms with E-state index in [4.69, 9.17) is 5.73 Å². The van der Waals surface area contributed by atoms with Gasteiger partial charge < -0.3 is 5.73 Å². The molecule has 0 spiro atoms. The van der Waals surface area contributed by atoms with Crippen LogP contribution in [0.2, 0.25) is 0 Å². The first-order valence-electron chi connectivity index (χ1n) is 2.86. The molecular weight excluding hydrogens is 134 g/mol. The second kappa shape index (κ2) is 3.84. The molecule has 0 aliphatic rings. The molecule has 1 atom stereocenters. The molecule has 0 radical (unpaired) electrons. The van der Waals surface area contributed by atoms with Gasteiger partial charge in [0.15, 0.2) is 0 Å². The van der Waals surface area contributed by atoms with Crippen molar-refractivity contribution in [2.45, 2.75) is 19.9 Å². The number of carbonyl (C=O) groups is 2. The molecule has 0 heterocycles. The number of hydrogen-bond donors (Lipinski definition) is 3. The van der Waals surface area contributed by atoms with Crippen LogP contribution in [-0.4, -0.2) is 17.9 Å². The second-order valence-corrected chi connectivity index (χ2v) is 1.96. The Kier molecular flexibility index (Phi) is 3.42. The zero-order valence-electron chi connectivity index (χ0n) is 5.97. The van der Waals surface area contributed by atoms with Crippen LogP contribution in [0, 0.1) is 0 Å².